The molecule has 7 heteroatoms. The Hall–Kier alpha value is -0.470. The Morgan fingerprint density at radius 2 is 2.05 bits per heavy atom. The second kappa shape index (κ2) is 7.69. The first-order valence-electron chi connectivity index (χ1n) is 7.48. The minimum absolute atomic E-state index is 0.0667. The minimum atomic E-state index is -3.39. The number of rotatable bonds is 7. The van der Waals surface area contributed by atoms with E-state index in [9.17, 15) is 8.42 Å². The van der Waals surface area contributed by atoms with Crippen molar-refractivity contribution < 1.29 is 8.42 Å². The lowest BCUT2D eigenvalue weighted by molar-refractivity contribution is 0.215. The Morgan fingerprint density at radius 1 is 1.33 bits per heavy atom. The lowest BCUT2D eigenvalue weighted by atomic mass is 10.1. The highest BCUT2D eigenvalue weighted by atomic mass is 32.2. The molecule has 0 saturated carbocycles. The molecule has 21 heavy (non-hydrogen) atoms. The zero-order chi connectivity index (χ0) is 15.3. The maximum absolute atomic E-state index is 12.4. The van der Waals surface area contributed by atoms with Gasteiger partial charge in [0.25, 0.3) is 0 Å². The van der Waals surface area contributed by atoms with Gasteiger partial charge in [-0.3, -0.25) is 0 Å². The van der Waals surface area contributed by atoms with Crippen molar-refractivity contribution in [3.05, 3.63) is 17.0 Å². The molecular weight excluding hydrogens is 306 g/mol. The number of nitrogens with zero attached hydrogens (tertiary/aromatic N) is 1. The van der Waals surface area contributed by atoms with Gasteiger partial charge in [0.1, 0.15) is 4.21 Å². The monoisotopic (exact) mass is 331 g/mol. The van der Waals surface area contributed by atoms with Crippen molar-refractivity contribution in [2.24, 2.45) is 0 Å². The lowest BCUT2D eigenvalue weighted by Gasteiger charge is -2.29. The van der Waals surface area contributed by atoms with Crippen molar-refractivity contribution in [1.29, 1.82) is 0 Å². The summed E-state index contributed by atoms with van der Waals surface area (Å²) in [5.41, 5.74) is 1.01. The Morgan fingerprint density at radius 3 is 2.71 bits per heavy atom. The lowest BCUT2D eigenvalue weighted by Crippen LogP contribution is -2.43. The predicted octanol–water partition coefficient (Wildman–Crippen LogP) is 1.62. The maximum atomic E-state index is 12.4. The number of thiophene rings is 1. The van der Waals surface area contributed by atoms with Gasteiger partial charge >= 0.3 is 0 Å². The third-order valence-corrected chi connectivity index (χ3v) is 6.69. The summed E-state index contributed by atoms with van der Waals surface area (Å²) in [6, 6.07) is 1.68. The molecule has 1 saturated heterocycles. The smallest absolute Gasteiger partial charge is 0.250 e. The molecule has 0 aromatic carbocycles. The Labute approximate surface area is 131 Å². The van der Waals surface area contributed by atoms with E-state index in [0.29, 0.717) is 10.8 Å². The predicted molar refractivity (Wildman–Crippen MR) is 87.2 cm³/mol. The summed E-state index contributed by atoms with van der Waals surface area (Å²) in [5, 5.41) is 4.92. The molecule has 120 valence electrons. The first kappa shape index (κ1) is 16.9. The van der Waals surface area contributed by atoms with E-state index >= 15 is 0 Å². The summed E-state index contributed by atoms with van der Waals surface area (Å²) in [4.78, 5) is 2.34. The van der Waals surface area contributed by atoms with Crippen LogP contribution in [0.3, 0.4) is 0 Å². The van der Waals surface area contributed by atoms with Crippen LogP contribution >= 0.6 is 11.3 Å². The summed E-state index contributed by atoms with van der Waals surface area (Å²) in [6.45, 7) is 5.58. The first-order valence-corrected chi connectivity index (χ1v) is 9.84. The van der Waals surface area contributed by atoms with Gasteiger partial charge in [-0.1, -0.05) is 6.42 Å². The standard InChI is InChI=1S/C14H25N3O2S2/c1-12(10-17-6-4-3-5-7-17)16-21(18,19)14-8-13(9-15-2)11-20-14/h8,11-12,15-16H,3-7,9-10H2,1-2H3. The normalized spacial score (nSPS) is 18.8. The van der Waals surface area contributed by atoms with Gasteiger partial charge in [-0.2, -0.15) is 0 Å². The van der Waals surface area contributed by atoms with E-state index in [1.807, 2.05) is 19.4 Å². The summed E-state index contributed by atoms with van der Waals surface area (Å²) >= 11 is 1.28. The van der Waals surface area contributed by atoms with Crippen molar-refractivity contribution in [1.82, 2.24) is 14.9 Å². The summed E-state index contributed by atoms with van der Waals surface area (Å²) in [5.74, 6) is 0. The second-order valence-electron chi connectivity index (χ2n) is 5.69. The Kier molecular flexibility index (Phi) is 6.19. The molecule has 1 aromatic rings. The Bertz CT molecular complexity index is 536. The van der Waals surface area contributed by atoms with Crippen molar-refractivity contribution in [3.8, 4) is 0 Å². The third-order valence-electron chi connectivity index (χ3n) is 3.61. The van der Waals surface area contributed by atoms with E-state index in [1.54, 1.807) is 6.07 Å². The van der Waals surface area contributed by atoms with Crippen LogP contribution in [0, 0.1) is 0 Å². The van der Waals surface area contributed by atoms with Gasteiger partial charge < -0.3 is 10.2 Å². The highest BCUT2D eigenvalue weighted by Gasteiger charge is 2.21. The number of hydrogen-bond acceptors (Lipinski definition) is 5. The van der Waals surface area contributed by atoms with Crippen LogP contribution in [0.2, 0.25) is 0 Å². The highest BCUT2D eigenvalue weighted by Crippen LogP contribution is 2.20. The summed E-state index contributed by atoms with van der Waals surface area (Å²) in [6.07, 6.45) is 3.73. The second-order valence-corrected chi connectivity index (χ2v) is 8.54. The molecule has 2 rings (SSSR count). The molecule has 2 N–H and O–H groups in total. The van der Waals surface area contributed by atoms with Crippen molar-refractivity contribution in [3.63, 3.8) is 0 Å². The molecule has 1 atom stereocenters. The molecule has 0 spiro atoms. The maximum Gasteiger partial charge on any atom is 0.250 e. The molecule has 0 amide bonds. The van der Waals surface area contributed by atoms with Crippen molar-refractivity contribution in [2.75, 3.05) is 26.7 Å². The van der Waals surface area contributed by atoms with E-state index in [2.05, 4.69) is 14.9 Å². The van der Waals surface area contributed by atoms with Crippen LogP contribution in [0.1, 0.15) is 31.7 Å². The van der Waals surface area contributed by atoms with Crippen LogP contribution in [0.25, 0.3) is 0 Å². The van der Waals surface area contributed by atoms with Gasteiger partial charge in [-0.05, 0) is 56.9 Å². The zero-order valence-electron chi connectivity index (χ0n) is 12.8. The van der Waals surface area contributed by atoms with E-state index in [-0.39, 0.29) is 6.04 Å². The molecular formula is C14H25N3O2S2. The fourth-order valence-corrected chi connectivity index (χ4v) is 5.14. The molecule has 0 bridgehead atoms. The average molecular weight is 332 g/mol. The van der Waals surface area contributed by atoms with E-state index in [1.165, 1.54) is 30.6 Å². The average Bonchev–Trinajstić information content (AvgIpc) is 2.89. The number of nitrogens with one attached hydrogen (secondary N) is 2. The van der Waals surface area contributed by atoms with Crippen LogP contribution < -0.4 is 10.0 Å². The van der Waals surface area contributed by atoms with Crippen LogP contribution in [-0.4, -0.2) is 46.0 Å². The van der Waals surface area contributed by atoms with Gasteiger partial charge in [-0.15, -0.1) is 11.3 Å². The summed E-state index contributed by atoms with van der Waals surface area (Å²) in [7, 11) is -1.54. The SMILES string of the molecule is CNCc1csc(S(=O)(=O)NC(C)CN2CCCCC2)c1. The number of likely N-dealkylation sites (tertiary alicyclic amines) is 1. The van der Waals surface area contributed by atoms with Crippen LogP contribution in [0.15, 0.2) is 15.7 Å². The Balaban J connectivity index is 1.92. The molecule has 1 aliphatic rings. The highest BCUT2D eigenvalue weighted by molar-refractivity contribution is 7.91. The topological polar surface area (TPSA) is 61.4 Å². The fourth-order valence-electron chi connectivity index (χ4n) is 2.68. The van der Waals surface area contributed by atoms with E-state index in [0.717, 1.165) is 25.2 Å². The van der Waals surface area contributed by atoms with Gasteiger partial charge in [0.15, 0.2) is 0 Å². The molecule has 2 heterocycles. The van der Waals surface area contributed by atoms with Gasteiger partial charge in [0, 0.05) is 19.1 Å². The molecule has 5 nitrogen and oxygen atoms in total. The van der Waals surface area contributed by atoms with Crippen LogP contribution in [0.4, 0.5) is 0 Å². The van der Waals surface area contributed by atoms with Gasteiger partial charge in [0.05, 0.1) is 0 Å². The largest absolute Gasteiger partial charge is 0.316 e. The third kappa shape index (κ3) is 5.03. The number of piperidine rings is 1. The van der Waals surface area contributed by atoms with Crippen molar-refractivity contribution >= 4 is 21.4 Å². The fraction of sp³-hybridized carbons (Fsp3) is 0.714. The van der Waals surface area contributed by atoms with Crippen LogP contribution in [-0.2, 0) is 16.6 Å². The van der Waals surface area contributed by atoms with Crippen LogP contribution in [0.5, 0.6) is 0 Å². The van der Waals surface area contributed by atoms with Gasteiger partial charge in [-0.25, -0.2) is 13.1 Å². The number of sulfonamides is 1. The van der Waals surface area contributed by atoms with Gasteiger partial charge in [0.2, 0.25) is 10.0 Å². The summed E-state index contributed by atoms with van der Waals surface area (Å²) < 4.78 is 27.9. The molecule has 0 radical (unpaired) electrons. The zero-order valence-corrected chi connectivity index (χ0v) is 14.4. The molecule has 1 unspecified atom stereocenters. The van der Waals surface area contributed by atoms with E-state index in [4.69, 9.17) is 0 Å². The minimum Gasteiger partial charge on any atom is -0.316 e. The number of hydrogen-bond donors (Lipinski definition) is 2. The van der Waals surface area contributed by atoms with E-state index < -0.39 is 10.0 Å². The molecule has 1 aromatic heterocycles. The molecule has 1 aliphatic heterocycles. The quantitative estimate of drug-likeness (QED) is 0.797. The molecule has 1 fully saturated rings. The first-order chi connectivity index (χ1) is 10.0. The van der Waals surface area contributed by atoms with Crippen molar-refractivity contribution in [2.45, 2.75) is 43.0 Å². The molecule has 0 aliphatic carbocycles.